The first-order chi connectivity index (χ1) is 12.6. The lowest BCUT2D eigenvalue weighted by atomic mass is 10.2. The summed E-state index contributed by atoms with van der Waals surface area (Å²) in [6, 6.07) is 4.12. The lowest BCUT2D eigenvalue weighted by molar-refractivity contribution is -0.116. The molecule has 6 nitrogen and oxygen atoms in total. The quantitative estimate of drug-likeness (QED) is 0.661. The van der Waals surface area contributed by atoms with Crippen LogP contribution in [0.25, 0.3) is 11.1 Å². The third kappa shape index (κ3) is 3.64. The number of rotatable bonds is 6. The van der Waals surface area contributed by atoms with Crippen LogP contribution in [0, 0.1) is 0 Å². The molecule has 7 heteroatoms. The normalized spacial score (nSPS) is 20.7. The molecule has 3 aromatic rings. The maximum absolute atomic E-state index is 11.2. The van der Waals surface area contributed by atoms with Crippen LogP contribution >= 0.6 is 11.3 Å². The zero-order valence-corrected chi connectivity index (χ0v) is 15.7. The van der Waals surface area contributed by atoms with Crippen molar-refractivity contribution < 1.29 is 13.9 Å². The van der Waals surface area contributed by atoms with Crippen molar-refractivity contribution in [3.8, 4) is 5.75 Å². The summed E-state index contributed by atoms with van der Waals surface area (Å²) < 4.78 is 11.7. The highest BCUT2D eigenvalue weighted by atomic mass is 32.1. The second-order valence-corrected chi connectivity index (χ2v) is 8.00. The molecule has 1 aliphatic heterocycles. The molecule has 136 valence electrons. The van der Waals surface area contributed by atoms with Gasteiger partial charge in [-0.3, -0.25) is 14.7 Å². The Labute approximate surface area is 155 Å². The molecule has 0 bridgehead atoms. The van der Waals surface area contributed by atoms with Gasteiger partial charge in [0, 0.05) is 55.0 Å². The number of ketones is 1. The number of pyridine rings is 1. The molecule has 0 amide bonds. The molecule has 26 heavy (non-hydrogen) atoms. The van der Waals surface area contributed by atoms with Gasteiger partial charge in [0.15, 0.2) is 11.3 Å². The Morgan fingerprint density at radius 3 is 3.15 bits per heavy atom. The summed E-state index contributed by atoms with van der Waals surface area (Å²) in [5.41, 5.74) is 1.52. The van der Waals surface area contributed by atoms with Crippen molar-refractivity contribution in [1.29, 1.82) is 0 Å². The van der Waals surface area contributed by atoms with Crippen LogP contribution in [0.2, 0.25) is 0 Å². The average Bonchev–Trinajstić information content (AvgIpc) is 3.29. The van der Waals surface area contributed by atoms with E-state index in [9.17, 15) is 4.79 Å². The van der Waals surface area contributed by atoms with E-state index in [-0.39, 0.29) is 11.9 Å². The van der Waals surface area contributed by atoms with Crippen LogP contribution in [-0.2, 0) is 17.8 Å². The van der Waals surface area contributed by atoms with Crippen LogP contribution < -0.4 is 4.74 Å². The van der Waals surface area contributed by atoms with Crippen molar-refractivity contribution in [3.63, 3.8) is 0 Å². The van der Waals surface area contributed by atoms with Crippen LogP contribution in [0.3, 0.4) is 0 Å². The number of carbonyl (C=O) groups excluding carboxylic acids is 1. The Morgan fingerprint density at radius 2 is 2.31 bits per heavy atom. The Bertz CT molecular complexity index is 920. The molecule has 2 atom stereocenters. The van der Waals surface area contributed by atoms with Crippen molar-refractivity contribution in [2.24, 2.45) is 0 Å². The fourth-order valence-electron chi connectivity index (χ4n) is 3.39. The van der Waals surface area contributed by atoms with Crippen LogP contribution in [0.1, 0.15) is 30.2 Å². The largest absolute Gasteiger partial charge is 0.485 e. The maximum atomic E-state index is 11.2. The Balaban J connectivity index is 1.40. The lowest BCUT2D eigenvalue weighted by Crippen LogP contribution is -2.27. The van der Waals surface area contributed by atoms with Gasteiger partial charge in [-0.05, 0) is 13.8 Å². The second-order valence-electron chi connectivity index (χ2n) is 6.80. The van der Waals surface area contributed by atoms with Gasteiger partial charge >= 0.3 is 0 Å². The van der Waals surface area contributed by atoms with E-state index < -0.39 is 0 Å². The molecule has 0 aliphatic carbocycles. The van der Waals surface area contributed by atoms with Crippen LogP contribution in [-0.4, -0.2) is 39.3 Å². The molecule has 1 aliphatic rings. The SMILES string of the molecule is CC(=O)Cc1ncc(CN2C[C@H](Oc3ccnc4ccoc34)C[C@@H]2C)s1. The molecule has 0 aromatic carbocycles. The van der Waals surface area contributed by atoms with Gasteiger partial charge in [-0.25, -0.2) is 4.98 Å². The summed E-state index contributed by atoms with van der Waals surface area (Å²) in [6.45, 7) is 5.51. The first-order valence-corrected chi connectivity index (χ1v) is 9.56. The highest BCUT2D eigenvalue weighted by molar-refractivity contribution is 7.11. The number of nitrogens with zero attached hydrogens (tertiary/aromatic N) is 3. The number of Topliss-reactive ketones (excluding diaryl/α,β-unsaturated/α-hetero) is 1. The zero-order chi connectivity index (χ0) is 18.1. The molecule has 3 aromatic heterocycles. The van der Waals surface area contributed by atoms with E-state index in [4.69, 9.17) is 9.15 Å². The molecular weight excluding hydrogens is 350 g/mol. The molecule has 0 radical (unpaired) electrons. The van der Waals surface area contributed by atoms with Crippen molar-refractivity contribution >= 4 is 28.2 Å². The van der Waals surface area contributed by atoms with Gasteiger partial charge in [0.25, 0.3) is 0 Å². The molecule has 4 heterocycles. The Kier molecular flexibility index (Phi) is 4.74. The number of aromatic nitrogens is 2. The van der Waals surface area contributed by atoms with Gasteiger partial charge in [-0.15, -0.1) is 11.3 Å². The van der Waals surface area contributed by atoms with E-state index in [1.165, 1.54) is 4.88 Å². The maximum Gasteiger partial charge on any atom is 0.194 e. The molecule has 0 N–H and O–H groups in total. The first kappa shape index (κ1) is 17.2. The van der Waals surface area contributed by atoms with Crippen molar-refractivity contribution in [2.45, 2.75) is 45.4 Å². The van der Waals surface area contributed by atoms with Crippen LogP contribution in [0.4, 0.5) is 0 Å². The zero-order valence-electron chi connectivity index (χ0n) is 14.8. The lowest BCUT2D eigenvalue weighted by Gasteiger charge is -2.19. The number of furan rings is 1. The van der Waals surface area contributed by atoms with Crippen molar-refractivity contribution in [3.05, 3.63) is 40.7 Å². The van der Waals surface area contributed by atoms with E-state index in [0.29, 0.717) is 18.0 Å². The van der Waals surface area contributed by atoms with Gasteiger partial charge < -0.3 is 9.15 Å². The molecule has 4 rings (SSSR count). The summed E-state index contributed by atoms with van der Waals surface area (Å²) in [7, 11) is 0. The summed E-state index contributed by atoms with van der Waals surface area (Å²) in [6.07, 6.45) is 6.77. The minimum absolute atomic E-state index is 0.116. The van der Waals surface area contributed by atoms with Crippen molar-refractivity contribution in [1.82, 2.24) is 14.9 Å². The molecule has 1 fully saturated rings. The number of ether oxygens (including phenoxy) is 1. The Morgan fingerprint density at radius 1 is 1.42 bits per heavy atom. The third-order valence-electron chi connectivity index (χ3n) is 4.63. The molecule has 0 spiro atoms. The van der Waals surface area contributed by atoms with Gasteiger partial charge in [-0.2, -0.15) is 0 Å². The number of fused-ring (bicyclic) bond motifs is 1. The molecule has 0 saturated carbocycles. The Hall–Kier alpha value is -2.25. The number of thiazole rings is 1. The first-order valence-electron chi connectivity index (χ1n) is 8.74. The summed E-state index contributed by atoms with van der Waals surface area (Å²) in [5, 5.41) is 0.893. The summed E-state index contributed by atoms with van der Waals surface area (Å²) >= 11 is 1.62. The predicted octanol–water partition coefficient (Wildman–Crippen LogP) is 3.46. The molecule has 0 unspecified atom stereocenters. The van der Waals surface area contributed by atoms with E-state index >= 15 is 0 Å². The van der Waals surface area contributed by atoms with E-state index in [0.717, 1.165) is 35.8 Å². The standard InChI is InChI=1S/C19H21N3O3S/c1-12-7-14(25-17-3-5-20-16-4-6-24-19(16)17)10-22(12)11-15-9-21-18(26-15)8-13(2)23/h3-6,9,12,14H,7-8,10-11H2,1-2H3/t12-,14+/m0/s1. The van der Waals surface area contributed by atoms with Gasteiger partial charge in [0.1, 0.15) is 22.4 Å². The smallest absolute Gasteiger partial charge is 0.194 e. The number of hydrogen-bond donors (Lipinski definition) is 0. The number of likely N-dealkylation sites (tertiary alicyclic amines) is 1. The fraction of sp³-hybridized carbons (Fsp3) is 0.421. The van der Waals surface area contributed by atoms with Gasteiger partial charge in [0.05, 0.1) is 12.7 Å². The average molecular weight is 371 g/mol. The van der Waals surface area contributed by atoms with E-state index in [2.05, 4.69) is 21.8 Å². The van der Waals surface area contributed by atoms with Crippen LogP contribution in [0.15, 0.2) is 35.2 Å². The highest BCUT2D eigenvalue weighted by Gasteiger charge is 2.31. The monoisotopic (exact) mass is 371 g/mol. The topological polar surface area (TPSA) is 68.5 Å². The van der Waals surface area contributed by atoms with Crippen LogP contribution in [0.5, 0.6) is 5.75 Å². The molecule has 1 saturated heterocycles. The van der Waals surface area contributed by atoms with Gasteiger partial charge in [-0.1, -0.05) is 0 Å². The van der Waals surface area contributed by atoms with E-state index in [1.807, 2.05) is 18.3 Å². The summed E-state index contributed by atoms with van der Waals surface area (Å²) in [4.78, 5) is 23.5. The minimum Gasteiger partial charge on any atom is -0.485 e. The van der Waals surface area contributed by atoms with Gasteiger partial charge in [0.2, 0.25) is 0 Å². The summed E-state index contributed by atoms with van der Waals surface area (Å²) in [5.74, 6) is 0.899. The number of hydrogen-bond acceptors (Lipinski definition) is 7. The molecular formula is C19H21N3O3S. The fourth-order valence-corrected chi connectivity index (χ4v) is 4.41. The number of carbonyl (C=O) groups is 1. The second kappa shape index (κ2) is 7.17. The highest BCUT2D eigenvalue weighted by Crippen LogP contribution is 2.30. The third-order valence-corrected chi connectivity index (χ3v) is 5.61. The van der Waals surface area contributed by atoms with E-state index in [1.54, 1.807) is 30.7 Å². The minimum atomic E-state index is 0.116. The predicted molar refractivity (Wildman–Crippen MR) is 99.4 cm³/mol. The van der Waals surface area contributed by atoms with Crippen molar-refractivity contribution in [2.75, 3.05) is 6.54 Å².